The van der Waals surface area contributed by atoms with E-state index in [0.29, 0.717) is 0 Å². The molecule has 0 saturated heterocycles. The van der Waals surface area contributed by atoms with Crippen molar-refractivity contribution in [3.63, 3.8) is 0 Å². The second-order valence-electron chi connectivity index (χ2n) is 16.0. The van der Waals surface area contributed by atoms with Gasteiger partial charge in [-0.25, -0.2) is 0 Å². The van der Waals surface area contributed by atoms with Gasteiger partial charge in [0.1, 0.15) is 0 Å². The Morgan fingerprint density at radius 1 is 0.534 bits per heavy atom. The third kappa shape index (κ3) is 4.88. The van der Waals surface area contributed by atoms with Gasteiger partial charge in [-0.3, -0.25) is 0 Å². The molecule has 58 heavy (non-hydrogen) atoms. The standard InChI is InChI=1S/C58H42/c1-5-17-36(49-31-51-38(7-3)57-35(4)39-19-8-9-20-40(39)55(57)33-52(51)44-24-13-11-22-42(44)49)29-30-37(18-6-2)50-32-54-48-28-16-27-47-41-21-10-15-26-46(41)56(58(47)48)34-53(54)45-25-14-12-23-43(45)50/h5-28,31-34,42,44H,1-4,29-30H2. The van der Waals surface area contributed by atoms with Crippen LogP contribution in [0.5, 0.6) is 0 Å². The summed E-state index contributed by atoms with van der Waals surface area (Å²) in [6.07, 6.45) is 23.8. The lowest BCUT2D eigenvalue weighted by Crippen LogP contribution is -2.21. The van der Waals surface area contributed by atoms with Crippen molar-refractivity contribution in [3.05, 3.63) is 229 Å². The van der Waals surface area contributed by atoms with Gasteiger partial charge in [-0.2, -0.15) is 0 Å². The van der Waals surface area contributed by atoms with E-state index in [1.165, 1.54) is 116 Å². The molecule has 0 radical (unpaired) electrons. The highest BCUT2D eigenvalue weighted by molar-refractivity contribution is 6.28. The van der Waals surface area contributed by atoms with E-state index in [9.17, 15) is 0 Å². The zero-order chi connectivity index (χ0) is 39.1. The first-order chi connectivity index (χ1) is 28.6. The Kier molecular flexibility index (Phi) is 7.85. The Morgan fingerprint density at radius 3 is 1.90 bits per heavy atom. The van der Waals surface area contributed by atoms with Crippen LogP contribution in [0.2, 0.25) is 0 Å². The maximum Gasteiger partial charge on any atom is 0.0131 e. The molecular formula is C58H42. The molecule has 4 aliphatic rings. The predicted octanol–water partition coefficient (Wildman–Crippen LogP) is 15.9. The van der Waals surface area contributed by atoms with Crippen LogP contribution in [0.3, 0.4) is 0 Å². The van der Waals surface area contributed by atoms with Gasteiger partial charge in [0.15, 0.2) is 0 Å². The van der Waals surface area contributed by atoms with Gasteiger partial charge in [0, 0.05) is 11.8 Å². The maximum absolute atomic E-state index is 4.60. The van der Waals surface area contributed by atoms with Gasteiger partial charge in [-0.05, 0) is 158 Å². The molecule has 0 N–H and O–H groups in total. The summed E-state index contributed by atoms with van der Waals surface area (Å²) in [5, 5.41) is 7.80. The number of rotatable bonds is 8. The molecule has 0 spiro atoms. The van der Waals surface area contributed by atoms with Gasteiger partial charge in [0.05, 0.1) is 0 Å². The van der Waals surface area contributed by atoms with Crippen molar-refractivity contribution in [1.29, 1.82) is 0 Å². The summed E-state index contributed by atoms with van der Waals surface area (Å²) in [5.41, 5.74) is 20.3. The molecule has 0 aliphatic heterocycles. The molecule has 0 amide bonds. The minimum absolute atomic E-state index is 0.209. The summed E-state index contributed by atoms with van der Waals surface area (Å²) >= 11 is 0. The van der Waals surface area contributed by atoms with Crippen LogP contribution < -0.4 is 0 Å². The van der Waals surface area contributed by atoms with Crippen molar-refractivity contribution < 1.29 is 0 Å². The largest absolute Gasteiger partial charge is 0.0991 e. The van der Waals surface area contributed by atoms with E-state index in [0.717, 1.165) is 18.4 Å². The first-order valence-electron chi connectivity index (χ1n) is 20.4. The van der Waals surface area contributed by atoms with E-state index in [1.54, 1.807) is 0 Å². The van der Waals surface area contributed by atoms with E-state index in [-0.39, 0.29) is 11.8 Å². The van der Waals surface area contributed by atoms with Gasteiger partial charge in [0.2, 0.25) is 0 Å². The zero-order valence-electron chi connectivity index (χ0n) is 32.6. The smallest absolute Gasteiger partial charge is 0.0131 e. The summed E-state index contributed by atoms with van der Waals surface area (Å²) in [6.45, 7) is 17.4. The van der Waals surface area contributed by atoms with Crippen molar-refractivity contribution in [2.75, 3.05) is 0 Å². The molecule has 0 saturated carbocycles. The van der Waals surface area contributed by atoms with Crippen LogP contribution in [-0.4, -0.2) is 0 Å². The topological polar surface area (TPSA) is 0 Å². The van der Waals surface area contributed by atoms with Crippen LogP contribution in [0.25, 0.3) is 89.0 Å². The zero-order valence-corrected chi connectivity index (χ0v) is 32.6. The quantitative estimate of drug-likeness (QED) is 0.108. The van der Waals surface area contributed by atoms with Crippen LogP contribution in [0.4, 0.5) is 0 Å². The summed E-state index contributed by atoms with van der Waals surface area (Å²) in [5.74, 6) is 0.420. The number of fused-ring (bicyclic) bond motifs is 13. The first kappa shape index (κ1) is 34.2. The van der Waals surface area contributed by atoms with Crippen LogP contribution >= 0.6 is 0 Å². The SMILES string of the molecule is C=CC=C(CCC(=CC=C)c1cc2c3cccc4c3c(cc2c2ccccc12)-c1ccccc1-4)C1=Cc2c(cc3c(c2C=C)C(=C)c2ccccc2-3)C2C=CC=CC12. The molecule has 0 fully saturated rings. The molecule has 0 nitrogen and oxygen atoms in total. The minimum Gasteiger partial charge on any atom is -0.0991 e. The number of allylic oxidation sites excluding steroid dienone is 11. The van der Waals surface area contributed by atoms with Gasteiger partial charge in [0.25, 0.3) is 0 Å². The molecule has 2 atom stereocenters. The molecule has 0 aromatic heterocycles. The second kappa shape index (κ2) is 13.3. The van der Waals surface area contributed by atoms with Crippen LogP contribution in [0.15, 0.2) is 195 Å². The van der Waals surface area contributed by atoms with E-state index in [2.05, 4.69) is 178 Å². The Hall–Kier alpha value is -7.02. The molecule has 0 bridgehead atoms. The predicted molar refractivity (Wildman–Crippen MR) is 252 cm³/mol. The van der Waals surface area contributed by atoms with E-state index in [4.69, 9.17) is 0 Å². The van der Waals surface area contributed by atoms with Crippen LogP contribution in [0, 0.1) is 5.92 Å². The third-order valence-corrected chi connectivity index (χ3v) is 13.2. The monoisotopic (exact) mass is 738 g/mol. The highest BCUT2D eigenvalue weighted by Crippen LogP contribution is 2.54. The third-order valence-electron chi connectivity index (χ3n) is 13.2. The highest BCUT2D eigenvalue weighted by atomic mass is 14.4. The molecular weight excluding hydrogens is 697 g/mol. The van der Waals surface area contributed by atoms with E-state index < -0.39 is 0 Å². The Balaban J connectivity index is 1.04. The van der Waals surface area contributed by atoms with Crippen LogP contribution in [0.1, 0.15) is 52.1 Å². The van der Waals surface area contributed by atoms with Crippen molar-refractivity contribution in [3.8, 4) is 33.4 Å². The summed E-state index contributed by atoms with van der Waals surface area (Å²) < 4.78 is 0. The molecule has 7 aromatic carbocycles. The number of hydrogen-bond acceptors (Lipinski definition) is 0. The van der Waals surface area contributed by atoms with Crippen LogP contribution in [-0.2, 0) is 0 Å². The summed E-state index contributed by atoms with van der Waals surface area (Å²) in [4.78, 5) is 0. The summed E-state index contributed by atoms with van der Waals surface area (Å²) in [7, 11) is 0. The van der Waals surface area contributed by atoms with Gasteiger partial charge >= 0.3 is 0 Å². The average molecular weight is 739 g/mol. The lowest BCUT2D eigenvalue weighted by Gasteiger charge is -2.35. The van der Waals surface area contributed by atoms with Crippen molar-refractivity contribution >= 4 is 55.6 Å². The fraction of sp³-hybridized carbons (Fsp3) is 0.0690. The van der Waals surface area contributed by atoms with Crippen molar-refractivity contribution in [2.45, 2.75) is 18.8 Å². The Morgan fingerprint density at radius 2 is 1.14 bits per heavy atom. The van der Waals surface area contributed by atoms with E-state index >= 15 is 0 Å². The second-order valence-corrected chi connectivity index (χ2v) is 16.0. The first-order valence-corrected chi connectivity index (χ1v) is 20.4. The lowest BCUT2D eigenvalue weighted by molar-refractivity contribution is 0.654. The highest BCUT2D eigenvalue weighted by Gasteiger charge is 2.35. The van der Waals surface area contributed by atoms with E-state index in [1.807, 2.05) is 18.2 Å². The average Bonchev–Trinajstić information content (AvgIpc) is 3.75. The van der Waals surface area contributed by atoms with Crippen molar-refractivity contribution in [2.24, 2.45) is 5.92 Å². The normalized spacial score (nSPS) is 17.2. The molecule has 7 aromatic rings. The fourth-order valence-corrected chi connectivity index (χ4v) is 10.7. The molecule has 0 heterocycles. The molecule has 0 heteroatoms. The number of benzene rings is 7. The minimum atomic E-state index is 0.209. The summed E-state index contributed by atoms with van der Waals surface area (Å²) in [6, 6.07) is 40.6. The van der Waals surface area contributed by atoms with Gasteiger partial charge in [-0.15, -0.1) is 0 Å². The molecule has 274 valence electrons. The maximum atomic E-state index is 4.60. The number of hydrogen-bond donors (Lipinski definition) is 0. The molecule has 4 aliphatic carbocycles. The van der Waals surface area contributed by atoms with Crippen molar-refractivity contribution in [1.82, 2.24) is 0 Å². The Labute approximate surface area is 340 Å². The van der Waals surface area contributed by atoms with Gasteiger partial charge < -0.3 is 0 Å². The van der Waals surface area contributed by atoms with Gasteiger partial charge in [-0.1, -0.05) is 172 Å². The molecule has 11 rings (SSSR count). The fourth-order valence-electron chi connectivity index (χ4n) is 10.7. The molecule has 2 unspecified atom stereocenters. The Bertz CT molecular complexity index is 3180. The lowest BCUT2D eigenvalue weighted by atomic mass is 9.68.